The number of fused-ring (bicyclic) bond motifs is 1. The number of hydrogen-bond donors (Lipinski definition) is 1. The third kappa shape index (κ3) is 2.25. The Labute approximate surface area is 136 Å². The Morgan fingerprint density at radius 1 is 1.13 bits per heavy atom. The molecule has 7 heteroatoms. The predicted octanol–water partition coefficient (Wildman–Crippen LogP) is 3.22. The average Bonchev–Trinajstić information content (AvgIpc) is 3.19. The molecule has 0 aliphatic heterocycles. The minimum atomic E-state index is 0.404. The molecule has 6 nitrogen and oxygen atoms in total. The van der Waals surface area contributed by atoms with Crippen LogP contribution in [0.5, 0.6) is 0 Å². The van der Waals surface area contributed by atoms with Crippen molar-refractivity contribution in [3.05, 3.63) is 43.0 Å². The highest BCUT2D eigenvalue weighted by Gasteiger charge is 2.19. The average molecular weight is 322 g/mol. The van der Waals surface area contributed by atoms with Crippen molar-refractivity contribution >= 4 is 27.5 Å². The van der Waals surface area contributed by atoms with E-state index in [-0.39, 0.29) is 0 Å². The summed E-state index contributed by atoms with van der Waals surface area (Å²) in [6, 6.07) is 10.1. The van der Waals surface area contributed by atoms with Crippen LogP contribution in [0, 0.1) is 0 Å². The highest BCUT2D eigenvalue weighted by Crippen LogP contribution is 2.36. The van der Waals surface area contributed by atoms with Gasteiger partial charge in [0.05, 0.1) is 12.0 Å². The van der Waals surface area contributed by atoms with E-state index >= 15 is 0 Å². The molecule has 0 radical (unpaired) electrons. The van der Waals surface area contributed by atoms with Crippen LogP contribution in [0.1, 0.15) is 6.92 Å². The summed E-state index contributed by atoms with van der Waals surface area (Å²) in [5.41, 5.74) is 9.53. The standard InChI is InChI=1S/C16H14N6S/c1-2-22-9-20-11(10-6-4-3-5-7-10)13(22)16-21-12-14(17)18-8-19-15(12)23-16/h3-9H,2H2,1H3,(H2,17,18,19). The van der Waals surface area contributed by atoms with Crippen LogP contribution in [-0.2, 0) is 6.54 Å². The molecule has 3 aromatic heterocycles. The largest absolute Gasteiger partial charge is 0.382 e. The van der Waals surface area contributed by atoms with Crippen LogP contribution >= 0.6 is 11.3 Å². The summed E-state index contributed by atoms with van der Waals surface area (Å²) in [5.74, 6) is 0.404. The molecule has 0 amide bonds. The first-order chi connectivity index (χ1) is 11.3. The summed E-state index contributed by atoms with van der Waals surface area (Å²) in [6.45, 7) is 2.90. The Kier molecular flexibility index (Phi) is 3.27. The Morgan fingerprint density at radius 3 is 2.70 bits per heavy atom. The second kappa shape index (κ2) is 5.44. The van der Waals surface area contributed by atoms with Gasteiger partial charge in [-0.25, -0.2) is 19.9 Å². The van der Waals surface area contributed by atoms with E-state index in [2.05, 4.69) is 31.4 Å². The van der Waals surface area contributed by atoms with Crippen molar-refractivity contribution in [2.75, 3.05) is 5.73 Å². The molecule has 23 heavy (non-hydrogen) atoms. The number of nitrogen functional groups attached to an aromatic ring is 1. The molecule has 0 bridgehead atoms. The lowest BCUT2D eigenvalue weighted by Gasteiger charge is -2.05. The number of rotatable bonds is 3. The molecule has 1 aromatic carbocycles. The van der Waals surface area contributed by atoms with E-state index in [0.29, 0.717) is 11.3 Å². The van der Waals surface area contributed by atoms with E-state index in [1.165, 1.54) is 17.7 Å². The summed E-state index contributed by atoms with van der Waals surface area (Å²) >= 11 is 1.50. The second-order valence-electron chi connectivity index (χ2n) is 5.03. The van der Waals surface area contributed by atoms with Crippen molar-refractivity contribution in [2.24, 2.45) is 0 Å². The van der Waals surface area contributed by atoms with Gasteiger partial charge in [-0.15, -0.1) is 0 Å². The SMILES string of the molecule is CCn1cnc(-c2ccccc2)c1-c1nc2c(N)ncnc2s1. The van der Waals surface area contributed by atoms with Crippen molar-refractivity contribution in [2.45, 2.75) is 13.5 Å². The van der Waals surface area contributed by atoms with E-state index in [1.807, 2.05) is 36.7 Å². The number of aryl methyl sites for hydroxylation is 1. The lowest BCUT2D eigenvalue weighted by atomic mass is 10.1. The molecule has 0 saturated heterocycles. The summed E-state index contributed by atoms with van der Waals surface area (Å²) in [4.78, 5) is 18.3. The smallest absolute Gasteiger partial charge is 0.154 e. The molecule has 0 aliphatic carbocycles. The van der Waals surface area contributed by atoms with Crippen molar-refractivity contribution in [3.8, 4) is 22.0 Å². The zero-order chi connectivity index (χ0) is 15.8. The normalized spacial score (nSPS) is 11.2. The number of aromatic nitrogens is 5. The lowest BCUT2D eigenvalue weighted by molar-refractivity contribution is 0.768. The number of hydrogen-bond acceptors (Lipinski definition) is 6. The molecule has 0 saturated carbocycles. The van der Waals surface area contributed by atoms with Gasteiger partial charge in [0.1, 0.15) is 27.4 Å². The van der Waals surface area contributed by atoms with Crippen LogP contribution in [0.3, 0.4) is 0 Å². The van der Waals surface area contributed by atoms with Gasteiger partial charge in [0.2, 0.25) is 0 Å². The van der Waals surface area contributed by atoms with Gasteiger partial charge in [-0.3, -0.25) is 0 Å². The summed E-state index contributed by atoms with van der Waals surface area (Å²) in [6.07, 6.45) is 3.31. The molecule has 3 heterocycles. The first-order valence-electron chi connectivity index (χ1n) is 7.26. The lowest BCUT2D eigenvalue weighted by Crippen LogP contribution is -1.96. The Morgan fingerprint density at radius 2 is 1.96 bits per heavy atom. The maximum absolute atomic E-state index is 5.91. The number of benzene rings is 1. The first-order valence-corrected chi connectivity index (χ1v) is 8.07. The molecule has 0 unspecified atom stereocenters. The quantitative estimate of drug-likeness (QED) is 0.626. The molecule has 4 aromatic rings. The van der Waals surface area contributed by atoms with Gasteiger partial charge in [0.15, 0.2) is 5.82 Å². The number of imidazole rings is 1. The fraction of sp³-hybridized carbons (Fsp3) is 0.125. The van der Waals surface area contributed by atoms with Crippen LogP contribution < -0.4 is 5.73 Å². The van der Waals surface area contributed by atoms with Gasteiger partial charge in [-0.1, -0.05) is 41.7 Å². The van der Waals surface area contributed by atoms with E-state index < -0.39 is 0 Å². The number of nitrogens with zero attached hydrogens (tertiary/aromatic N) is 5. The minimum absolute atomic E-state index is 0.404. The fourth-order valence-electron chi connectivity index (χ4n) is 2.53. The Hall–Kier alpha value is -2.80. The van der Waals surface area contributed by atoms with Gasteiger partial charge in [-0.2, -0.15) is 0 Å². The molecular weight excluding hydrogens is 308 g/mol. The van der Waals surface area contributed by atoms with Gasteiger partial charge < -0.3 is 10.3 Å². The van der Waals surface area contributed by atoms with Crippen molar-refractivity contribution < 1.29 is 0 Å². The second-order valence-corrected chi connectivity index (χ2v) is 6.00. The van der Waals surface area contributed by atoms with Crippen molar-refractivity contribution in [3.63, 3.8) is 0 Å². The first kappa shape index (κ1) is 13.8. The molecule has 114 valence electrons. The van der Waals surface area contributed by atoms with Crippen LogP contribution in [0.25, 0.3) is 32.3 Å². The Bertz CT molecular complexity index is 973. The summed E-state index contributed by atoms with van der Waals surface area (Å²) in [5, 5.41) is 0.852. The third-order valence-electron chi connectivity index (χ3n) is 3.65. The van der Waals surface area contributed by atoms with Gasteiger partial charge in [0, 0.05) is 12.1 Å². The van der Waals surface area contributed by atoms with E-state index in [0.717, 1.165) is 33.3 Å². The highest BCUT2D eigenvalue weighted by molar-refractivity contribution is 7.21. The zero-order valence-electron chi connectivity index (χ0n) is 12.5. The molecule has 0 atom stereocenters. The summed E-state index contributed by atoms with van der Waals surface area (Å²) < 4.78 is 2.09. The number of nitrogens with two attached hydrogens (primary N) is 1. The van der Waals surface area contributed by atoms with Gasteiger partial charge in [0.25, 0.3) is 0 Å². The number of thiazole rings is 1. The maximum atomic E-state index is 5.91. The Balaban J connectivity index is 1.96. The molecule has 4 rings (SSSR count). The van der Waals surface area contributed by atoms with Crippen LogP contribution in [-0.4, -0.2) is 24.5 Å². The van der Waals surface area contributed by atoms with Crippen LogP contribution in [0.15, 0.2) is 43.0 Å². The molecule has 2 N–H and O–H groups in total. The minimum Gasteiger partial charge on any atom is -0.382 e. The van der Waals surface area contributed by atoms with Gasteiger partial charge in [-0.05, 0) is 6.92 Å². The van der Waals surface area contributed by atoms with Crippen molar-refractivity contribution in [1.82, 2.24) is 24.5 Å². The topological polar surface area (TPSA) is 82.5 Å². The predicted molar refractivity (Wildman–Crippen MR) is 92.0 cm³/mol. The third-order valence-corrected chi connectivity index (χ3v) is 4.62. The van der Waals surface area contributed by atoms with Crippen molar-refractivity contribution in [1.29, 1.82) is 0 Å². The molecule has 0 fully saturated rings. The highest BCUT2D eigenvalue weighted by atomic mass is 32.1. The molecular formula is C16H14N6S. The zero-order valence-corrected chi connectivity index (χ0v) is 13.3. The summed E-state index contributed by atoms with van der Waals surface area (Å²) in [7, 11) is 0. The molecule has 0 spiro atoms. The van der Waals surface area contributed by atoms with Gasteiger partial charge >= 0.3 is 0 Å². The van der Waals surface area contributed by atoms with E-state index in [9.17, 15) is 0 Å². The maximum Gasteiger partial charge on any atom is 0.154 e. The fourth-order valence-corrected chi connectivity index (χ4v) is 3.50. The van der Waals surface area contributed by atoms with E-state index in [1.54, 1.807) is 0 Å². The van der Waals surface area contributed by atoms with Crippen LogP contribution in [0.4, 0.5) is 5.82 Å². The molecule has 0 aliphatic rings. The number of anilines is 1. The van der Waals surface area contributed by atoms with E-state index in [4.69, 9.17) is 5.73 Å². The van der Waals surface area contributed by atoms with Crippen LogP contribution in [0.2, 0.25) is 0 Å². The monoisotopic (exact) mass is 322 g/mol.